The number of hydrogen-bond acceptors (Lipinski definition) is 3. The molecule has 0 radical (unpaired) electrons. The molecular formula is C16H23NO2. The maximum Gasteiger partial charge on any atom is 0.168 e. The van der Waals surface area contributed by atoms with E-state index in [0.29, 0.717) is 0 Å². The first-order valence-electron chi connectivity index (χ1n) is 7.43. The molecule has 1 spiro atoms. The van der Waals surface area contributed by atoms with Crippen molar-refractivity contribution in [3.63, 3.8) is 0 Å². The van der Waals surface area contributed by atoms with E-state index in [0.717, 1.165) is 38.5 Å². The molecule has 3 heteroatoms. The first-order chi connectivity index (χ1) is 9.36. The third-order valence-corrected chi connectivity index (χ3v) is 4.34. The van der Waals surface area contributed by atoms with Gasteiger partial charge in [-0.3, -0.25) is 0 Å². The average Bonchev–Trinajstić information content (AvgIpc) is 2.91. The Hall–Kier alpha value is -1.06. The summed E-state index contributed by atoms with van der Waals surface area (Å²) < 4.78 is 11.5. The zero-order valence-corrected chi connectivity index (χ0v) is 11.4. The minimum atomic E-state index is -0.205. The summed E-state index contributed by atoms with van der Waals surface area (Å²) in [7, 11) is 0. The van der Waals surface area contributed by atoms with E-state index in [9.17, 15) is 0 Å². The Morgan fingerprint density at radius 2 is 1.74 bits per heavy atom. The zero-order valence-electron chi connectivity index (χ0n) is 11.4. The highest BCUT2D eigenvalue weighted by Gasteiger charge is 2.39. The number of nitrogens with one attached hydrogen (secondary N) is 1. The molecule has 3 rings (SSSR count). The van der Waals surface area contributed by atoms with Crippen LogP contribution in [0.4, 0.5) is 5.69 Å². The molecule has 1 aliphatic heterocycles. The van der Waals surface area contributed by atoms with Crippen LogP contribution in [0, 0.1) is 5.92 Å². The van der Waals surface area contributed by atoms with Gasteiger partial charge in [0.1, 0.15) is 0 Å². The highest BCUT2D eigenvalue weighted by molar-refractivity contribution is 5.42. The van der Waals surface area contributed by atoms with E-state index < -0.39 is 0 Å². The Balaban J connectivity index is 1.38. The van der Waals surface area contributed by atoms with Gasteiger partial charge in [0.2, 0.25) is 0 Å². The van der Waals surface area contributed by atoms with Crippen molar-refractivity contribution in [2.45, 2.75) is 37.9 Å². The monoisotopic (exact) mass is 261 g/mol. The van der Waals surface area contributed by atoms with Gasteiger partial charge in [0, 0.05) is 25.1 Å². The lowest BCUT2D eigenvalue weighted by atomic mass is 9.83. The largest absolute Gasteiger partial charge is 0.385 e. The van der Waals surface area contributed by atoms with Crippen molar-refractivity contribution in [1.82, 2.24) is 0 Å². The van der Waals surface area contributed by atoms with Gasteiger partial charge in [-0.1, -0.05) is 18.2 Å². The zero-order chi connectivity index (χ0) is 13.0. The standard InChI is InChI=1S/C16H23NO2/c1-2-4-15(5-3-1)17-11-8-14-6-9-16(10-7-14)18-12-13-19-16/h1-5,14,17H,6-13H2. The highest BCUT2D eigenvalue weighted by atomic mass is 16.7. The second-order valence-electron chi connectivity index (χ2n) is 5.63. The van der Waals surface area contributed by atoms with Crippen LogP contribution in [0.15, 0.2) is 30.3 Å². The SMILES string of the molecule is c1ccc(NCCC2CCC3(CC2)OCCO3)cc1. The maximum absolute atomic E-state index is 5.77. The van der Waals surface area contributed by atoms with Gasteiger partial charge in [0.15, 0.2) is 5.79 Å². The molecule has 0 amide bonds. The van der Waals surface area contributed by atoms with Crippen LogP contribution in [0.2, 0.25) is 0 Å². The number of rotatable bonds is 4. The van der Waals surface area contributed by atoms with E-state index in [2.05, 4.69) is 29.6 Å². The van der Waals surface area contributed by atoms with Gasteiger partial charge in [0.25, 0.3) is 0 Å². The van der Waals surface area contributed by atoms with Gasteiger partial charge < -0.3 is 14.8 Å². The van der Waals surface area contributed by atoms with Crippen molar-refractivity contribution in [2.24, 2.45) is 5.92 Å². The third kappa shape index (κ3) is 3.28. The van der Waals surface area contributed by atoms with Crippen LogP contribution in [0.25, 0.3) is 0 Å². The molecule has 1 N–H and O–H groups in total. The number of benzene rings is 1. The summed E-state index contributed by atoms with van der Waals surface area (Å²) >= 11 is 0. The first-order valence-corrected chi connectivity index (χ1v) is 7.43. The predicted molar refractivity (Wildman–Crippen MR) is 76.1 cm³/mol. The van der Waals surface area contributed by atoms with Crippen LogP contribution >= 0.6 is 0 Å². The molecule has 104 valence electrons. The van der Waals surface area contributed by atoms with Crippen LogP contribution < -0.4 is 5.32 Å². The summed E-state index contributed by atoms with van der Waals surface area (Å²) in [4.78, 5) is 0. The van der Waals surface area contributed by atoms with Gasteiger partial charge in [-0.25, -0.2) is 0 Å². The quantitative estimate of drug-likeness (QED) is 0.901. The summed E-state index contributed by atoms with van der Waals surface area (Å²) in [5, 5.41) is 3.49. The molecule has 0 atom stereocenters. The summed E-state index contributed by atoms with van der Waals surface area (Å²) in [6, 6.07) is 10.4. The fraction of sp³-hybridized carbons (Fsp3) is 0.625. The molecular weight excluding hydrogens is 238 g/mol. The maximum atomic E-state index is 5.77. The summed E-state index contributed by atoms with van der Waals surface area (Å²) in [6.45, 7) is 2.61. The van der Waals surface area contributed by atoms with E-state index in [1.807, 2.05) is 6.07 Å². The molecule has 2 fully saturated rings. The molecule has 1 aliphatic carbocycles. The van der Waals surface area contributed by atoms with E-state index in [1.165, 1.54) is 24.9 Å². The van der Waals surface area contributed by atoms with Crippen LogP contribution in [-0.4, -0.2) is 25.5 Å². The minimum absolute atomic E-state index is 0.205. The lowest BCUT2D eigenvalue weighted by Crippen LogP contribution is -2.35. The van der Waals surface area contributed by atoms with Gasteiger partial charge in [-0.15, -0.1) is 0 Å². The Bertz CT molecular complexity index is 377. The van der Waals surface area contributed by atoms with Crippen LogP contribution in [0.5, 0.6) is 0 Å². The summed E-state index contributed by atoms with van der Waals surface area (Å²) in [5.74, 6) is 0.609. The first kappa shape index (κ1) is 12.9. The van der Waals surface area contributed by atoms with Crippen LogP contribution in [0.1, 0.15) is 32.1 Å². The minimum Gasteiger partial charge on any atom is -0.385 e. The lowest BCUT2D eigenvalue weighted by molar-refractivity contribution is -0.182. The van der Waals surface area contributed by atoms with Crippen molar-refractivity contribution in [2.75, 3.05) is 25.1 Å². The van der Waals surface area contributed by atoms with Crippen molar-refractivity contribution in [3.8, 4) is 0 Å². The fourth-order valence-corrected chi connectivity index (χ4v) is 3.17. The second kappa shape index (κ2) is 5.93. The number of para-hydroxylation sites is 1. The Labute approximate surface area is 115 Å². The molecule has 1 aromatic carbocycles. The molecule has 1 aromatic rings. The number of hydrogen-bond donors (Lipinski definition) is 1. The second-order valence-corrected chi connectivity index (χ2v) is 5.63. The lowest BCUT2D eigenvalue weighted by Gasteiger charge is -2.35. The Kier molecular flexibility index (Phi) is 4.04. The van der Waals surface area contributed by atoms with Gasteiger partial charge in [0.05, 0.1) is 13.2 Å². The summed E-state index contributed by atoms with van der Waals surface area (Å²) in [6.07, 6.45) is 5.85. The topological polar surface area (TPSA) is 30.5 Å². The smallest absolute Gasteiger partial charge is 0.168 e. The molecule has 1 heterocycles. The average molecular weight is 261 g/mol. The third-order valence-electron chi connectivity index (χ3n) is 4.34. The Morgan fingerprint density at radius 1 is 1.05 bits per heavy atom. The molecule has 0 aromatic heterocycles. The Morgan fingerprint density at radius 3 is 2.42 bits per heavy atom. The molecule has 2 aliphatic rings. The fourth-order valence-electron chi connectivity index (χ4n) is 3.17. The molecule has 1 saturated heterocycles. The molecule has 1 saturated carbocycles. The molecule has 19 heavy (non-hydrogen) atoms. The normalized spacial score (nSPS) is 22.7. The van der Waals surface area contributed by atoms with E-state index in [-0.39, 0.29) is 5.79 Å². The van der Waals surface area contributed by atoms with Gasteiger partial charge in [-0.05, 0) is 37.3 Å². The number of anilines is 1. The van der Waals surface area contributed by atoms with E-state index in [4.69, 9.17) is 9.47 Å². The van der Waals surface area contributed by atoms with Crippen molar-refractivity contribution < 1.29 is 9.47 Å². The summed E-state index contributed by atoms with van der Waals surface area (Å²) in [5.41, 5.74) is 1.22. The van der Waals surface area contributed by atoms with Gasteiger partial charge in [-0.2, -0.15) is 0 Å². The number of ether oxygens (including phenoxy) is 2. The molecule has 3 nitrogen and oxygen atoms in total. The molecule has 0 unspecified atom stereocenters. The van der Waals surface area contributed by atoms with E-state index >= 15 is 0 Å². The van der Waals surface area contributed by atoms with Crippen molar-refractivity contribution in [1.29, 1.82) is 0 Å². The molecule has 0 bridgehead atoms. The van der Waals surface area contributed by atoms with Crippen LogP contribution in [0.3, 0.4) is 0 Å². The van der Waals surface area contributed by atoms with Crippen LogP contribution in [-0.2, 0) is 9.47 Å². The van der Waals surface area contributed by atoms with Crippen molar-refractivity contribution in [3.05, 3.63) is 30.3 Å². The van der Waals surface area contributed by atoms with E-state index in [1.54, 1.807) is 0 Å². The highest BCUT2D eigenvalue weighted by Crippen LogP contribution is 2.39. The van der Waals surface area contributed by atoms with Crippen molar-refractivity contribution >= 4 is 5.69 Å². The predicted octanol–water partition coefficient (Wildman–Crippen LogP) is 3.42. The van der Waals surface area contributed by atoms with Gasteiger partial charge >= 0.3 is 0 Å².